The minimum atomic E-state index is 0.424. The van der Waals surface area contributed by atoms with Crippen molar-refractivity contribution in [2.24, 2.45) is 10.8 Å². The molecule has 1 saturated heterocycles. The summed E-state index contributed by atoms with van der Waals surface area (Å²) >= 11 is 0. The molecule has 1 heteroatoms. The van der Waals surface area contributed by atoms with Crippen molar-refractivity contribution in [2.45, 2.75) is 47.1 Å². The third-order valence-corrected chi connectivity index (χ3v) is 2.63. The number of nitrogens with one attached hydrogen (secondary N) is 1. The van der Waals surface area contributed by atoms with Crippen LogP contribution in [0.15, 0.2) is 0 Å². The monoisotopic (exact) mass is 155 g/mol. The Morgan fingerprint density at radius 3 is 2.00 bits per heavy atom. The molecule has 0 unspecified atom stereocenters. The third-order valence-electron chi connectivity index (χ3n) is 2.63. The molecular weight excluding hydrogens is 134 g/mol. The summed E-state index contributed by atoms with van der Waals surface area (Å²) in [6.07, 6.45) is 1.32. The molecular formula is C10H21N. The van der Waals surface area contributed by atoms with Crippen molar-refractivity contribution in [2.75, 3.05) is 6.54 Å². The summed E-state index contributed by atoms with van der Waals surface area (Å²) in [4.78, 5) is 0. The van der Waals surface area contributed by atoms with Crippen molar-refractivity contribution in [3.63, 3.8) is 0 Å². The van der Waals surface area contributed by atoms with Crippen LogP contribution in [-0.2, 0) is 0 Å². The number of hydrogen-bond acceptors (Lipinski definition) is 1. The van der Waals surface area contributed by atoms with Crippen LogP contribution in [0.2, 0.25) is 0 Å². The van der Waals surface area contributed by atoms with Gasteiger partial charge >= 0.3 is 0 Å². The van der Waals surface area contributed by atoms with Gasteiger partial charge in [0, 0.05) is 12.6 Å². The molecule has 0 aromatic heterocycles. The summed E-state index contributed by atoms with van der Waals surface area (Å²) in [5.41, 5.74) is 0.936. The van der Waals surface area contributed by atoms with Gasteiger partial charge in [-0.25, -0.2) is 0 Å². The Balaban J connectivity index is 2.55. The molecule has 66 valence electrons. The summed E-state index contributed by atoms with van der Waals surface area (Å²) in [7, 11) is 0. The summed E-state index contributed by atoms with van der Waals surface area (Å²) in [5.74, 6) is 0. The van der Waals surface area contributed by atoms with E-state index in [0.717, 1.165) is 0 Å². The fourth-order valence-electron chi connectivity index (χ4n) is 1.71. The predicted molar refractivity (Wildman–Crippen MR) is 49.6 cm³/mol. The molecule has 0 radical (unpaired) electrons. The summed E-state index contributed by atoms with van der Waals surface area (Å²) in [6.45, 7) is 12.8. The quantitative estimate of drug-likeness (QED) is 0.566. The Kier molecular flexibility index (Phi) is 2.04. The minimum absolute atomic E-state index is 0.424. The molecule has 0 spiro atoms. The van der Waals surface area contributed by atoms with E-state index in [2.05, 4.69) is 39.9 Å². The number of hydrogen-bond donors (Lipinski definition) is 1. The van der Waals surface area contributed by atoms with Gasteiger partial charge in [-0.05, 0) is 17.3 Å². The molecule has 0 saturated carbocycles. The van der Waals surface area contributed by atoms with Crippen LogP contribution in [0.5, 0.6) is 0 Å². The molecule has 1 fully saturated rings. The lowest BCUT2D eigenvalue weighted by Crippen LogP contribution is -2.34. The van der Waals surface area contributed by atoms with E-state index in [0.29, 0.717) is 16.9 Å². The Bertz CT molecular complexity index is 141. The van der Waals surface area contributed by atoms with Crippen LogP contribution in [0.4, 0.5) is 0 Å². The van der Waals surface area contributed by atoms with Crippen LogP contribution >= 0.6 is 0 Å². The first-order chi connectivity index (χ1) is 4.81. The Labute approximate surface area is 70.6 Å². The molecule has 0 amide bonds. The van der Waals surface area contributed by atoms with E-state index in [1.165, 1.54) is 13.0 Å². The van der Waals surface area contributed by atoms with Gasteiger partial charge in [0.1, 0.15) is 0 Å². The molecule has 0 aromatic carbocycles. The van der Waals surface area contributed by atoms with Crippen molar-refractivity contribution in [3.05, 3.63) is 0 Å². The van der Waals surface area contributed by atoms with E-state index < -0.39 is 0 Å². The van der Waals surface area contributed by atoms with Crippen molar-refractivity contribution in [1.82, 2.24) is 5.32 Å². The number of rotatable bonds is 0. The average molecular weight is 155 g/mol. The van der Waals surface area contributed by atoms with Gasteiger partial charge in [-0.2, -0.15) is 0 Å². The second-order valence-electron chi connectivity index (χ2n) is 5.67. The van der Waals surface area contributed by atoms with Gasteiger partial charge in [-0.15, -0.1) is 0 Å². The SMILES string of the molecule is CC1(C)CN[C@@H](C(C)(C)C)C1. The van der Waals surface area contributed by atoms with E-state index in [9.17, 15) is 0 Å². The van der Waals surface area contributed by atoms with Gasteiger partial charge in [0.25, 0.3) is 0 Å². The van der Waals surface area contributed by atoms with Crippen molar-refractivity contribution in [3.8, 4) is 0 Å². The Morgan fingerprint density at radius 1 is 1.27 bits per heavy atom. The topological polar surface area (TPSA) is 12.0 Å². The highest BCUT2D eigenvalue weighted by Crippen LogP contribution is 2.35. The van der Waals surface area contributed by atoms with Gasteiger partial charge in [-0.3, -0.25) is 0 Å². The molecule has 0 aromatic rings. The fraction of sp³-hybridized carbons (Fsp3) is 1.00. The zero-order chi connectivity index (χ0) is 8.70. The minimum Gasteiger partial charge on any atom is -0.313 e. The van der Waals surface area contributed by atoms with E-state index in [1.54, 1.807) is 0 Å². The molecule has 0 aliphatic carbocycles. The second kappa shape index (κ2) is 2.48. The van der Waals surface area contributed by atoms with Crippen LogP contribution in [0, 0.1) is 10.8 Å². The highest BCUT2D eigenvalue weighted by Gasteiger charge is 2.36. The molecule has 1 aliphatic rings. The average Bonchev–Trinajstić information content (AvgIpc) is 2.07. The fourth-order valence-corrected chi connectivity index (χ4v) is 1.71. The largest absolute Gasteiger partial charge is 0.313 e. The van der Waals surface area contributed by atoms with Crippen molar-refractivity contribution in [1.29, 1.82) is 0 Å². The van der Waals surface area contributed by atoms with Crippen LogP contribution in [0.25, 0.3) is 0 Å². The second-order valence-corrected chi connectivity index (χ2v) is 5.67. The molecule has 1 nitrogen and oxygen atoms in total. The molecule has 1 rings (SSSR count). The first-order valence-electron chi connectivity index (χ1n) is 4.55. The van der Waals surface area contributed by atoms with E-state index >= 15 is 0 Å². The van der Waals surface area contributed by atoms with Crippen molar-refractivity contribution >= 4 is 0 Å². The lowest BCUT2D eigenvalue weighted by atomic mass is 9.80. The van der Waals surface area contributed by atoms with E-state index in [-0.39, 0.29) is 0 Å². The van der Waals surface area contributed by atoms with Crippen LogP contribution in [0.3, 0.4) is 0 Å². The van der Waals surface area contributed by atoms with Gasteiger partial charge < -0.3 is 5.32 Å². The highest BCUT2D eigenvalue weighted by atomic mass is 15.0. The first-order valence-corrected chi connectivity index (χ1v) is 4.55. The lowest BCUT2D eigenvalue weighted by molar-refractivity contribution is 0.276. The van der Waals surface area contributed by atoms with E-state index in [1.807, 2.05) is 0 Å². The summed E-state index contributed by atoms with van der Waals surface area (Å²) in [6, 6.07) is 0.706. The van der Waals surface area contributed by atoms with Gasteiger partial charge in [-0.1, -0.05) is 34.6 Å². The molecule has 0 bridgehead atoms. The Morgan fingerprint density at radius 2 is 1.82 bits per heavy atom. The molecule has 11 heavy (non-hydrogen) atoms. The molecule has 1 aliphatic heterocycles. The first kappa shape index (κ1) is 9.05. The Hall–Kier alpha value is -0.0400. The van der Waals surface area contributed by atoms with Crippen LogP contribution in [-0.4, -0.2) is 12.6 Å². The van der Waals surface area contributed by atoms with Crippen LogP contribution < -0.4 is 5.32 Å². The zero-order valence-electron chi connectivity index (χ0n) is 8.49. The highest BCUT2D eigenvalue weighted by molar-refractivity contribution is 4.93. The zero-order valence-corrected chi connectivity index (χ0v) is 8.49. The smallest absolute Gasteiger partial charge is 0.0121 e. The summed E-state index contributed by atoms with van der Waals surface area (Å²) in [5, 5.41) is 3.59. The van der Waals surface area contributed by atoms with Gasteiger partial charge in [0.05, 0.1) is 0 Å². The predicted octanol–water partition coefficient (Wildman–Crippen LogP) is 2.42. The molecule has 1 atom stereocenters. The molecule has 1 heterocycles. The maximum atomic E-state index is 3.59. The maximum Gasteiger partial charge on any atom is 0.0121 e. The van der Waals surface area contributed by atoms with E-state index in [4.69, 9.17) is 0 Å². The maximum absolute atomic E-state index is 3.59. The third kappa shape index (κ3) is 2.19. The normalized spacial score (nSPS) is 30.8. The van der Waals surface area contributed by atoms with Crippen LogP contribution in [0.1, 0.15) is 41.0 Å². The van der Waals surface area contributed by atoms with Gasteiger partial charge in [0.2, 0.25) is 0 Å². The molecule has 1 N–H and O–H groups in total. The van der Waals surface area contributed by atoms with Gasteiger partial charge in [0.15, 0.2) is 0 Å². The standard InChI is InChI=1S/C10H21N/c1-9(2,3)8-6-10(4,5)7-11-8/h8,11H,6-7H2,1-5H3/t8-/m1/s1. The van der Waals surface area contributed by atoms with Crippen molar-refractivity contribution < 1.29 is 0 Å². The summed E-state index contributed by atoms with van der Waals surface area (Å²) < 4.78 is 0. The lowest BCUT2D eigenvalue weighted by Gasteiger charge is -2.27.